The maximum atomic E-state index is 13.7. The number of fused-ring (bicyclic) bond motifs is 2. The molecule has 3 heteroatoms. The van der Waals surface area contributed by atoms with Gasteiger partial charge in [0.2, 0.25) is 0 Å². The van der Waals surface area contributed by atoms with Crippen molar-refractivity contribution >= 4 is 27.5 Å². The summed E-state index contributed by atoms with van der Waals surface area (Å²) >= 11 is 0. The molecule has 0 fully saturated rings. The zero-order valence-corrected chi connectivity index (χ0v) is 15.4. The monoisotopic (exact) mass is 359 g/mol. The van der Waals surface area contributed by atoms with E-state index in [2.05, 4.69) is 0 Å². The van der Waals surface area contributed by atoms with Crippen LogP contribution in [0.3, 0.4) is 0 Å². The molecule has 2 nitrogen and oxygen atoms in total. The molecule has 0 aliphatic carbocycles. The second kappa shape index (κ2) is 7.36. The highest BCUT2D eigenvalue weighted by Crippen LogP contribution is 2.27. The summed E-state index contributed by atoms with van der Waals surface area (Å²) in [5, 5.41) is 2.93. The van der Waals surface area contributed by atoms with E-state index < -0.39 is 6.17 Å². The molecule has 0 amide bonds. The summed E-state index contributed by atoms with van der Waals surface area (Å²) in [5.41, 5.74) is 2.35. The molecule has 1 aromatic heterocycles. The van der Waals surface area contributed by atoms with Crippen LogP contribution in [0.25, 0.3) is 21.7 Å². The lowest BCUT2D eigenvalue weighted by Gasteiger charge is -2.07. The molecule has 1 atom stereocenters. The maximum Gasteiger partial charge on any atom is 0.195 e. The zero-order chi connectivity index (χ0) is 18.8. The van der Waals surface area contributed by atoms with E-state index in [-0.39, 0.29) is 5.78 Å². The van der Waals surface area contributed by atoms with Crippen molar-refractivity contribution in [2.24, 2.45) is 0 Å². The minimum absolute atomic E-state index is 0.00837. The van der Waals surface area contributed by atoms with Gasteiger partial charge in [-0.3, -0.25) is 4.79 Å². The average Bonchev–Trinajstić information content (AvgIpc) is 3.10. The highest BCUT2D eigenvalue weighted by atomic mass is 19.1. The number of aryl methyl sites for hydroxylation is 1. The molecule has 0 saturated carbocycles. The third-order valence-corrected chi connectivity index (χ3v) is 5.19. The highest BCUT2D eigenvalue weighted by molar-refractivity contribution is 6.21. The normalized spacial score (nSPS) is 12.5. The predicted octanol–water partition coefficient (Wildman–Crippen LogP) is 6.16. The molecule has 4 aromatic rings. The van der Waals surface area contributed by atoms with Crippen molar-refractivity contribution in [3.8, 4) is 0 Å². The first-order valence-corrected chi connectivity index (χ1v) is 9.43. The summed E-state index contributed by atoms with van der Waals surface area (Å²) in [6.07, 6.45) is 2.04. The molecule has 0 unspecified atom stereocenters. The number of aromatic nitrogens is 1. The third-order valence-electron chi connectivity index (χ3n) is 5.19. The zero-order valence-electron chi connectivity index (χ0n) is 15.4. The molecular formula is C24H22FNO. The number of rotatable bonds is 6. The van der Waals surface area contributed by atoms with Crippen LogP contribution in [0.2, 0.25) is 0 Å². The van der Waals surface area contributed by atoms with Crippen LogP contribution < -0.4 is 0 Å². The number of carbonyl (C=O) groups is 1. The van der Waals surface area contributed by atoms with Gasteiger partial charge in [0.1, 0.15) is 6.17 Å². The van der Waals surface area contributed by atoms with Crippen LogP contribution in [0.5, 0.6) is 0 Å². The second-order valence-corrected chi connectivity index (χ2v) is 6.90. The van der Waals surface area contributed by atoms with E-state index in [9.17, 15) is 9.18 Å². The molecule has 0 radical (unpaired) electrons. The van der Waals surface area contributed by atoms with Gasteiger partial charge in [0.15, 0.2) is 5.78 Å². The Morgan fingerprint density at radius 3 is 2.44 bits per heavy atom. The lowest BCUT2D eigenvalue weighted by atomic mass is 9.97. The molecule has 27 heavy (non-hydrogen) atoms. The number of hydrogen-bond donors (Lipinski definition) is 0. The van der Waals surface area contributed by atoms with Gasteiger partial charge in [-0.15, -0.1) is 0 Å². The van der Waals surface area contributed by atoms with Gasteiger partial charge in [-0.25, -0.2) is 4.39 Å². The topological polar surface area (TPSA) is 22.0 Å². The Hall–Kier alpha value is -2.94. The third kappa shape index (κ3) is 3.25. The minimum atomic E-state index is -0.816. The first-order valence-electron chi connectivity index (χ1n) is 9.43. The van der Waals surface area contributed by atoms with Crippen LogP contribution in [0, 0.1) is 0 Å². The summed E-state index contributed by atoms with van der Waals surface area (Å²) in [5.74, 6) is 0.00837. The fourth-order valence-electron chi connectivity index (χ4n) is 3.66. The molecular weight excluding hydrogens is 337 g/mol. The standard InChI is InChI=1S/C24H22FNO/c1-2-18(25)14-15-26-16-22(20-11-5-6-13-23(20)26)24(27)21-12-7-9-17-8-3-4-10-19(17)21/h3-13,16,18H,2,14-15H2,1H3/t18-/m0/s1. The number of hydrogen-bond acceptors (Lipinski definition) is 1. The molecule has 1 heterocycles. The summed E-state index contributed by atoms with van der Waals surface area (Å²) < 4.78 is 15.8. The van der Waals surface area contributed by atoms with E-state index in [1.165, 1.54) is 0 Å². The lowest BCUT2D eigenvalue weighted by molar-refractivity contribution is 0.104. The van der Waals surface area contributed by atoms with E-state index in [4.69, 9.17) is 0 Å². The van der Waals surface area contributed by atoms with Gasteiger partial charge in [-0.05, 0) is 29.7 Å². The number of nitrogens with zero attached hydrogens (tertiary/aromatic N) is 1. The molecule has 0 aliphatic rings. The van der Waals surface area contributed by atoms with E-state index in [1.807, 2.05) is 84.4 Å². The second-order valence-electron chi connectivity index (χ2n) is 6.90. The van der Waals surface area contributed by atoms with Gasteiger partial charge in [0, 0.05) is 34.8 Å². The molecule has 0 saturated heterocycles. The Labute approximate surface area is 158 Å². The van der Waals surface area contributed by atoms with Crippen molar-refractivity contribution in [1.82, 2.24) is 4.57 Å². The predicted molar refractivity (Wildman–Crippen MR) is 109 cm³/mol. The number of para-hydroxylation sites is 1. The lowest BCUT2D eigenvalue weighted by Crippen LogP contribution is -2.05. The van der Waals surface area contributed by atoms with E-state index in [1.54, 1.807) is 0 Å². The first kappa shape index (κ1) is 17.5. The SMILES string of the molecule is CC[C@H](F)CCn1cc(C(=O)c2cccc3ccccc23)c2ccccc21. The Bertz CT molecular complexity index is 1110. The minimum Gasteiger partial charge on any atom is -0.347 e. The summed E-state index contributed by atoms with van der Waals surface area (Å²) in [6, 6.07) is 21.6. The van der Waals surface area contributed by atoms with E-state index >= 15 is 0 Å². The summed E-state index contributed by atoms with van der Waals surface area (Å²) in [4.78, 5) is 13.4. The Kier molecular flexibility index (Phi) is 4.76. The Morgan fingerprint density at radius 2 is 1.63 bits per heavy atom. The molecule has 3 aromatic carbocycles. The smallest absolute Gasteiger partial charge is 0.195 e. The van der Waals surface area contributed by atoms with Crippen LogP contribution >= 0.6 is 0 Å². The van der Waals surface area contributed by atoms with Gasteiger partial charge < -0.3 is 4.57 Å². The molecule has 136 valence electrons. The first-order chi connectivity index (χ1) is 13.2. The van der Waals surface area contributed by atoms with Crippen molar-refractivity contribution in [2.45, 2.75) is 32.5 Å². The largest absolute Gasteiger partial charge is 0.347 e. The van der Waals surface area contributed by atoms with Gasteiger partial charge in [0.25, 0.3) is 0 Å². The van der Waals surface area contributed by atoms with E-state index in [0.717, 1.165) is 21.7 Å². The summed E-state index contributed by atoms with van der Waals surface area (Å²) in [6.45, 7) is 2.42. The van der Waals surface area contributed by atoms with Crippen molar-refractivity contribution < 1.29 is 9.18 Å². The van der Waals surface area contributed by atoms with Gasteiger partial charge in [-0.1, -0.05) is 67.6 Å². The van der Waals surface area contributed by atoms with Crippen LogP contribution in [-0.2, 0) is 6.54 Å². The van der Waals surface area contributed by atoms with Crippen LogP contribution in [-0.4, -0.2) is 16.5 Å². The number of halogens is 1. The van der Waals surface area contributed by atoms with Crippen molar-refractivity contribution in [2.75, 3.05) is 0 Å². The molecule has 0 bridgehead atoms. The quantitative estimate of drug-likeness (QED) is 0.378. The molecule has 0 aliphatic heterocycles. The number of ketones is 1. The van der Waals surface area contributed by atoms with E-state index in [0.29, 0.717) is 30.5 Å². The van der Waals surface area contributed by atoms with Crippen LogP contribution in [0.1, 0.15) is 35.7 Å². The van der Waals surface area contributed by atoms with Gasteiger partial charge in [-0.2, -0.15) is 0 Å². The average molecular weight is 359 g/mol. The molecule has 0 spiro atoms. The summed E-state index contributed by atoms with van der Waals surface area (Å²) in [7, 11) is 0. The molecule has 0 N–H and O–H groups in total. The fourth-order valence-corrected chi connectivity index (χ4v) is 3.66. The molecule has 4 rings (SSSR count). The number of benzene rings is 3. The van der Waals surface area contributed by atoms with Gasteiger partial charge in [0.05, 0.1) is 0 Å². The Balaban J connectivity index is 1.80. The van der Waals surface area contributed by atoms with Crippen molar-refractivity contribution in [3.63, 3.8) is 0 Å². The van der Waals surface area contributed by atoms with Crippen LogP contribution in [0.4, 0.5) is 4.39 Å². The number of alkyl halides is 1. The number of carbonyl (C=O) groups excluding carboxylic acids is 1. The van der Waals surface area contributed by atoms with Crippen molar-refractivity contribution in [3.05, 3.63) is 84.1 Å². The highest BCUT2D eigenvalue weighted by Gasteiger charge is 2.18. The van der Waals surface area contributed by atoms with Crippen molar-refractivity contribution in [1.29, 1.82) is 0 Å². The fraction of sp³-hybridized carbons (Fsp3) is 0.208. The van der Waals surface area contributed by atoms with Crippen LogP contribution in [0.15, 0.2) is 72.9 Å². The Morgan fingerprint density at radius 1 is 0.926 bits per heavy atom. The van der Waals surface area contributed by atoms with Gasteiger partial charge >= 0.3 is 0 Å². The maximum absolute atomic E-state index is 13.7.